The zero-order chi connectivity index (χ0) is 24.9. The first-order valence-corrected chi connectivity index (χ1v) is 12.3. The molecule has 0 aliphatic carbocycles. The van der Waals surface area contributed by atoms with Crippen molar-refractivity contribution in [2.75, 3.05) is 18.4 Å². The molecule has 0 spiro atoms. The maximum Gasteiger partial charge on any atom is 0.243 e. The zero-order valence-electron chi connectivity index (χ0n) is 19.0. The summed E-state index contributed by atoms with van der Waals surface area (Å²) in [5.41, 5.74) is 0.0874. The minimum absolute atomic E-state index is 0.0241. The monoisotopic (exact) mass is 512 g/mol. The van der Waals surface area contributed by atoms with E-state index in [4.69, 9.17) is 21.1 Å². The van der Waals surface area contributed by atoms with E-state index >= 15 is 0 Å². The summed E-state index contributed by atoms with van der Waals surface area (Å²) in [4.78, 5) is 7.85. The first kappa shape index (κ1) is 25.9. The van der Waals surface area contributed by atoms with Crippen molar-refractivity contribution < 1.29 is 22.3 Å². The predicted molar refractivity (Wildman–Crippen MR) is 129 cm³/mol. The largest absolute Gasteiger partial charge is 0.372 e. The molecule has 0 radical (unpaired) electrons. The van der Waals surface area contributed by atoms with Crippen LogP contribution in [-0.4, -0.2) is 60.8 Å². The first-order chi connectivity index (χ1) is 16.2. The van der Waals surface area contributed by atoms with Gasteiger partial charge in [0.2, 0.25) is 16.0 Å². The van der Waals surface area contributed by atoms with Gasteiger partial charge in [0.05, 0.1) is 5.69 Å². The molecule has 1 saturated heterocycles. The number of para-hydroxylation sites is 1. The number of aromatic nitrogens is 3. The highest BCUT2D eigenvalue weighted by Crippen LogP contribution is 2.32. The highest BCUT2D eigenvalue weighted by molar-refractivity contribution is 7.93. The number of hydrogen-bond acceptors (Lipinski definition) is 7. The van der Waals surface area contributed by atoms with Crippen molar-refractivity contribution in [2.24, 2.45) is 9.98 Å². The average Bonchev–Trinajstić information content (AvgIpc) is 3.46. The highest BCUT2D eigenvalue weighted by atomic mass is 35.5. The van der Waals surface area contributed by atoms with E-state index in [9.17, 15) is 12.8 Å². The number of amidine groups is 1. The summed E-state index contributed by atoms with van der Waals surface area (Å²) in [5.74, 6) is -0.429. The van der Waals surface area contributed by atoms with Gasteiger partial charge in [-0.2, -0.15) is 0 Å². The molecule has 1 aromatic heterocycles. The molecule has 1 aliphatic rings. The van der Waals surface area contributed by atoms with E-state index in [0.717, 1.165) is 6.42 Å². The lowest BCUT2D eigenvalue weighted by molar-refractivity contribution is 0.103. The third-order valence-corrected chi connectivity index (χ3v) is 6.98. The number of hydrogen-bond donors (Lipinski definition) is 1. The number of benzene rings is 1. The van der Waals surface area contributed by atoms with Crippen LogP contribution in [0, 0.1) is 5.82 Å². The van der Waals surface area contributed by atoms with E-state index in [2.05, 4.69) is 31.6 Å². The molecule has 10 nitrogen and oxygen atoms in total. The molecule has 0 saturated carbocycles. The number of ether oxygens (including phenoxy) is 2. The number of nitrogens with one attached hydrogen (secondary N) is 1. The Labute approximate surface area is 202 Å². The van der Waals surface area contributed by atoms with Crippen molar-refractivity contribution >= 4 is 40.1 Å². The van der Waals surface area contributed by atoms with E-state index in [1.54, 1.807) is 13.0 Å². The Morgan fingerprint density at radius 1 is 1.44 bits per heavy atom. The normalized spacial score (nSPS) is 19.1. The Balaban J connectivity index is 2.01. The molecular weight excluding hydrogens is 487 g/mol. The predicted octanol–water partition coefficient (Wildman–Crippen LogP) is 3.60. The number of nitrogens with zero attached hydrogens (tertiary/aromatic N) is 5. The van der Waals surface area contributed by atoms with Gasteiger partial charge in [0.1, 0.15) is 23.3 Å². The number of aliphatic imine (C=N–C) groups is 2. The molecule has 1 fully saturated rings. The third kappa shape index (κ3) is 5.69. The van der Waals surface area contributed by atoms with Crippen LogP contribution >= 0.6 is 11.6 Å². The van der Waals surface area contributed by atoms with Gasteiger partial charge in [0, 0.05) is 24.9 Å². The third-order valence-electron chi connectivity index (χ3n) is 5.19. The molecule has 0 amide bonds. The number of allylic oxidation sites excluding steroid dienone is 1. The molecule has 34 heavy (non-hydrogen) atoms. The lowest BCUT2D eigenvalue weighted by atomic mass is 10.2. The summed E-state index contributed by atoms with van der Waals surface area (Å²) in [6, 6.07) is 5.93. The van der Waals surface area contributed by atoms with Crippen LogP contribution in [0.5, 0.6) is 0 Å². The quantitative estimate of drug-likeness (QED) is 0.405. The van der Waals surface area contributed by atoms with E-state index in [1.807, 2.05) is 0 Å². The van der Waals surface area contributed by atoms with Gasteiger partial charge in [-0.25, -0.2) is 22.8 Å². The summed E-state index contributed by atoms with van der Waals surface area (Å²) in [6.07, 6.45) is 1.25. The zero-order valence-corrected chi connectivity index (χ0v) is 20.6. The van der Waals surface area contributed by atoms with Crippen LogP contribution in [0.1, 0.15) is 38.6 Å². The van der Waals surface area contributed by atoms with Gasteiger partial charge in [0.25, 0.3) is 0 Å². The molecule has 0 unspecified atom stereocenters. The van der Waals surface area contributed by atoms with Gasteiger partial charge >= 0.3 is 0 Å². The summed E-state index contributed by atoms with van der Waals surface area (Å²) >= 11 is 5.81. The summed E-state index contributed by atoms with van der Waals surface area (Å²) in [6.45, 7) is 6.98. The smallest absolute Gasteiger partial charge is 0.243 e. The van der Waals surface area contributed by atoms with E-state index in [1.165, 1.54) is 43.0 Å². The van der Waals surface area contributed by atoms with Gasteiger partial charge in [-0.3, -0.25) is 9.29 Å². The SMILES string of the molecule is C=N/C(=N\C=C(/C)Cl)[C@@H](OC)[C@H](C)S(=O)(=O)Nc1nnc([C@@H]2CCCO2)n1-c1ccccc1F. The summed E-state index contributed by atoms with van der Waals surface area (Å²) < 4.78 is 56.1. The number of halogens is 2. The minimum atomic E-state index is -4.16. The van der Waals surface area contributed by atoms with Crippen molar-refractivity contribution in [2.45, 2.75) is 44.1 Å². The summed E-state index contributed by atoms with van der Waals surface area (Å²) in [7, 11) is -2.83. The number of rotatable bonds is 9. The minimum Gasteiger partial charge on any atom is -0.372 e. The Kier molecular flexibility index (Phi) is 8.52. The van der Waals surface area contributed by atoms with E-state index < -0.39 is 33.3 Å². The maximum absolute atomic E-state index is 14.7. The van der Waals surface area contributed by atoms with Crippen LogP contribution in [-0.2, 0) is 19.5 Å². The fraction of sp³-hybridized carbons (Fsp3) is 0.429. The van der Waals surface area contributed by atoms with Crippen molar-refractivity contribution in [3.63, 3.8) is 0 Å². The molecule has 1 aromatic carbocycles. The molecular formula is C21H26ClFN6O4S. The Morgan fingerprint density at radius 3 is 2.76 bits per heavy atom. The van der Waals surface area contributed by atoms with Crippen LogP contribution in [0.3, 0.4) is 0 Å². The maximum atomic E-state index is 14.7. The molecule has 2 aromatic rings. The van der Waals surface area contributed by atoms with Gasteiger partial charge in [-0.15, -0.1) is 10.2 Å². The summed E-state index contributed by atoms with van der Waals surface area (Å²) in [5, 5.41) is 7.28. The standard InChI is InChI=1S/C21H26ClFN6O4S/c1-13(22)12-25-19(24-3)18(32-4)14(2)34(30,31)28-21-27-26-20(17-10-7-11-33-17)29(21)16-9-6-5-8-15(16)23/h5-6,8-9,12,14,17-18H,3,7,10-11H2,1-2,4H3,(H,27,28)/b13-12+,25-19-/t14-,17-,18-/m0/s1. The van der Waals surface area contributed by atoms with Crippen molar-refractivity contribution in [3.8, 4) is 5.69 Å². The van der Waals surface area contributed by atoms with Crippen LogP contribution in [0.2, 0.25) is 0 Å². The molecule has 1 aliphatic heterocycles. The fourth-order valence-electron chi connectivity index (χ4n) is 3.47. The lowest BCUT2D eigenvalue weighted by Crippen LogP contribution is -2.41. The van der Waals surface area contributed by atoms with E-state index in [-0.39, 0.29) is 17.5 Å². The molecule has 1 N–H and O–H groups in total. The molecule has 3 rings (SSSR count). The second-order valence-electron chi connectivity index (χ2n) is 7.54. The van der Waals surface area contributed by atoms with Crippen molar-refractivity contribution in [1.29, 1.82) is 0 Å². The molecule has 0 bridgehead atoms. The van der Waals surface area contributed by atoms with Crippen LogP contribution in [0.15, 0.2) is 45.5 Å². The van der Waals surface area contributed by atoms with Crippen LogP contribution < -0.4 is 4.72 Å². The van der Waals surface area contributed by atoms with Crippen LogP contribution in [0.25, 0.3) is 5.69 Å². The molecule has 184 valence electrons. The molecule has 13 heteroatoms. The topological polar surface area (TPSA) is 120 Å². The Bertz CT molecular complexity index is 1190. The second kappa shape index (κ2) is 11.2. The highest BCUT2D eigenvalue weighted by Gasteiger charge is 2.35. The number of anilines is 1. The van der Waals surface area contributed by atoms with Crippen molar-refractivity contribution in [1.82, 2.24) is 14.8 Å². The van der Waals surface area contributed by atoms with Gasteiger partial charge in [0.15, 0.2) is 11.7 Å². The number of methoxy groups -OCH3 is 1. The van der Waals surface area contributed by atoms with Gasteiger partial charge < -0.3 is 9.47 Å². The van der Waals surface area contributed by atoms with E-state index in [0.29, 0.717) is 23.9 Å². The van der Waals surface area contributed by atoms with Gasteiger partial charge in [-0.05, 0) is 45.5 Å². The number of sulfonamides is 1. The Morgan fingerprint density at radius 2 is 2.18 bits per heavy atom. The average molecular weight is 513 g/mol. The fourth-order valence-corrected chi connectivity index (χ4v) is 4.65. The Hall–Kier alpha value is -2.67. The molecule has 2 heterocycles. The van der Waals surface area contributed by atoms with Gasteiger partial charge in [-0.1, -0.05) is 23.7 Å². The molecule has 3 atom stereocenters. The van der Waals surface area contributed by atoms with Crippen LogP contribution in [0.4, 0.5) is 10.3 Å². The lowest BCUT2D eigenvalue weighted by Gasteiger charge is -2.23. The first-order valence-electron chi connectivity index (χ1n) is 10.4. The van der Waals surface area contributed by atoms with Crippen molar-refractivity contribution in [3.05, 3.63) is 47.1 Å². The second-order valence-corrected chi connectivity index (χ2v) is 10.2.